The van der Waals surface area contributed by atoms with E-state index in [1.165, 1.54) is 5.56 Å². The van der Waals surface area contributed by atoms with E-state index < -0.39 is 12.1 Å². The Morgan fingerprint density at radius 2 is 1.77 bits per heavy atom. The predicted octanol–water partition coefficient (Wildman–Crippen LogP) is 6.77. The number of carboxylic acids is 1. The molecule has 3 atom stereocenters. The summed E-state index contributed by atoms with van der Waals surface area (Å²) in [6, 6.07) is 16.2. The Hall–Kier alpha value is -3.00. The van der Waals surface area contributed by atoms with Crippen molar-refractivity contribution in [3.05, 3.63) is 76.7 Å². The van der Waals surface area contributed by atoms with Gasteiger partial charge < -0.3 is 23.7 Å². The second-order valence-corrected chi connectivity index (χ2v) is 11.5. The average molecular weight is 536 g/mol. The summed E-state index contributed by atoms with van der Waals surface area (Å²) < 4.78 is 23.8. The summed E-state index contributed by atoms with van der Waals surface area (Å²) in [7, 11) is 0. The Morgan fingerprint density at radius 1 is 1.05 bits per heavy atom. The normalized spacial score (nSPS) is 18.7. The van der Waals surface area contributed by atoms with E-state index >= 15 is 0 Å². The number of carboxylic acid groups (broad SMARTS) is 1. The van der Waals surface area contributed by atoms with E-state index in [0.717, 1.165) is 47.4 Å². The van der Waals surface area contributed by atoms with Gasteiger partial charge in [-0.15, -0.1) is 0 Å². The molecule has 1 unspecified atom stereocenters. The Labute approximate surface area is 231 Å². The summed E-state index contributed by atoms with van der Waals surface area (Å²) in [6.45, 7) is 11.0. The zero-order valence-electron chi connectivity index (χ0n) is 23.7. The highest BCUT2D eigenvalue weighted by Crippen LogP contribution is 2.27. The molecular formula is C32H41NO6. The fraction of sp³-hybridized carbons (Fsp3) is 0.500. The molecule has 1 aromatic heterocycles. The Bertz CT molecular complexity index is 1230. The van der Waals surface area contributed by atoms with Gasteiger partial charge in [-0.25, -0.2) is 9.78 Å². The molecule has 1 aliphatic rings. The first-order chi connectivity index (χ1) is 18.6. The van der Waals surface area contributed by atoms with Gasteiger partial charge in [-0.1, -0.05) is 62.7 Å². The van der Waals surface area contributed by atoms with Crippen molar-refractivity contribution in [3.8, 4) is 11.5 Å². The molecule has 1 fully saturated rings. The predicted molar refractivity (Wildman–Crippen MR) is 150 cm³/mol. The molecule has 0 saturated heterocycles. The van der Waals surface area contributed by atoms with Gasteiger partial charge in [-0.3, -0.25) is 0 Å². The molecule has 7 heteroatoms. The molecule has 4 rings (SSSR count). The van der Waals surface area contributed by atoms with Crippen molar-refractivity contribution < 1.29 is 28.5 Å². The van der Waals surface area contributed by atoms with E-state index in [2.05, 4.69) is 44.0 Å². The lowest BCUT2D eigenvalue weighted by Gasteiger charge is -2.29. The molecule has 2 aromatic carbocycles. The third kappa shape index (κ3) is 8.24. The van der Waals surface area contributed by atoms with Gasteiger partial charge in [0.1, 0.15) is 11.5 Å². The van der Waals surface area contributed by atoms with Crippen molar-refractivity contribution in [3.63, 3.8) is 0 Å². The number of ether oxygens (including phenoxy) is 3. The first kappa shape index (κ1) is 29.0. The summed E-state index contributed by atoms with van der Waals surface area (Å²) >= 11 is 0. The van der Waals surface area contributed by atoms with Gasteiger partial charge in [0.15, 0.2) is 6.10 Å². The number of rotatable bonds is 11. The van der Waals surface area contributed by atoms with Gasteiger partial charge in [0.25, 0.3) is 0 Å². The fourth-order valence-electron chi connectivity index (χ4n) is 4.78. The minimum Gasteiger partial charge on any atom is -0.479 e. The second-order valence-electron chi connectivity index (χ2n) is 11.5. The number of benzene rings is 2. The molecule has 1 saturated carbocycles. The Balaban J connectivity index is 1.25. The van der Waals surface area contributed by atoms with Crippen LogP contribution in [0.4, 0.5) is 0 Å². The van der Waals surface area contributed by atoms with E-state index in [4.69, 9.17) is 18.6 Å². The quantitative estimate of drug-likeness (QED) is 0.290. The van der Waals surface area contributed by atoms with Crippen molar-refractivity contribution in [2.75, 3.05) is 6.61 Å². The molecule has 0 radical (unpaired) electrons. The van der Waals surface area contributed by atoms with Crippen molar-refractivity contribution in [2.45, 2.75) is 97.2 Å². The molecule has 0 spiro atoms. The summed E-state index contributed by atoms with van der Waals surface area (Å²) in [6.07, 6.45) is 2.41. The Kier molecular flexibility index (Phi) is 9.59. The van der Waals surface area contributed by atoms with Crippen molar-refractivity contribution in [1.82, 2.24) is 4.98 Å². The van der Waals surface area contributed by atoms with Crippen LogP contribution in [-0.2, 0) is 37.6 Å². The van der Waals surface area contributed by atoms with Crippen molar-refractivity contribution in [2.24, 2.45) is 0 Å². The van der Waals surface area contributed by atoms with Crippen LogP contribution in [0.15, 0.2) is 52.9 Å². The van der Waals surface area contributed by atoms with Gasteiger partial charge in [-0.05, 0) is 68.2 Å². The molecule has 210 valence electrons. The van der Waals surface area contributed by atoms with Gasteiger partial charge in [0, 0.05) is 5.56 Å². The summed E-state index contributed by atoms with van der Waals surface area (Å²) in [5, 5.41) is 9.67. The van der Waals surface area contributed by atoms with Crippen LogP contribution in [-0.4, -0.2) is 41.0 Å². The van der Waals surface area contributed by atoms with Crippen molar-refractivity contribution >= 4 is 5.97 Å². The summed E-state index contributed by atoms with van der Waals surface area (Å²) in [5.41, 5.74) is 5.13. The number of nitrogens with zero attached hydrogens (tertiary/aromatic N) is 1. The maximum absolute atomic E-state index is 11.8. The molecule has 3 aromatic rings. The number of hydrogen-bond acceptors (Lipinski definition) is 6. The lowest BCUT2D eigenvalue weighted by molar-refractivity contribution is -0.159. The molecule has 0 aliphatic heterocycles. The third-order valence-electron chi connectivity index (χ3n) is 7.22. The zero-order valence-corrected chi connectivity index (χ0v) is 23.7. The van der Waals surface area contributed by atoms with E-state index in [1.807, 2.05) is 44.2 Å². The molecule has 0 amide bonds. The molecule has 1 aliphatic carbocycles. The van der Waals surface area contributed by atoms with E-state index in [9.17, 15) is 9.90 Å². The molecule has 1 N–H and O–H groups in total. The number of aryl methyl sites for hydroxylation is 2. The van der Waals surface area contributed by atoms with Crippen LogP contribution in [0, 0.1) is 13.8 Å². The largest absolute Gasteiger partial charge is 0.479 e. The molecule has 1 heterocycles. The average Bonchev–Trinajstić information content (AvgIpc) is 3.27. The first-order valence-electron chi connectivity index (χ1n) is 13.8. The standard InChI is InChI=1S/C32H41NO6/c1-21-8-6-9-24(16-21)30-33-28(22(2)39-30)19-36-26-10-7-11-27(17-26)37-20-29(31(34)35)38-18-23-12-14-25(15-13-23)32(3,4)5/h6,8-9,12-16,26-27,29H,7,10-11,17-20H2,1-5H3,(H,34,35)/t26-,27+,29?/m0/s1. The smallest absolute Gasteiger partial charge is 0.335 e. The van der Waals surface area contributed by atoms with Gasteiger partial charge in [-0.2, -0.15) is 0 Å². The lowest BCUT2D eigenvalue weighted by Crippen LogP contribution is -2.34. The number of aromatic nitrogens is 1. The minimum atomic E-state index is -1.02. The number of oxazole rings is 1. The van der Waals surface area contributed by atoms with E-state index in [0.29, 0.717) is 18.9 Å². The number of carbonyl (C=O) groups is 1. The van der Waals surface area contributed by atoms with Gasteiger partial charge in [0.2, 0.25) is 5.89 Å². The monoisotopic (exact) mass is 535 g/mol. The first-order valence-corrected chi connectivity index (χ1v) is 13.8. The molecule has 39 heavy (non-hydrogen) atoms. The summed E-state index contributed by atoms with van der Waals surface area (Å²) in [5.74, 6) is 0.338. The van der Waals surface area contributed by atoms with Crippen LogP contribution in [0.5, 0.6) is 0 Å². The van der Waals surface area contributed by atoms with E-state index in [-0.39, 0.29) is 30.8 Å². The topological polar surface area (TPSA) is 91.0 Å². The van der Waals surface area contributed by atoms with Crippen LogP contribution >= 0.6 is 0 Å². The molecule has 0 bridgehead atoms. The highest BCUT2D eigenvalue weighted by atomic mass is 16.6. The van der Waals surface area contributed by atoms with Crippen molar-refractivity contribution in [1.29, 1.82) is 0 Å². The van der Waals surface area contributed by atoms with Crippen LogP contribution in [0.25, 0.3) is 11.5 Å². The number of aliphatic carboxylic acids is 1. The van der Waals surface area contributed by atoms with E-state index in [1.54, 1.807) is 0 Å². The highest BCUT2D eigenvalue weighted by molar-refractivity contribution is 5.72. The van der Waals surface area contributed by atoms with Gasteiger partial charge in [0.05, 0.1) is 32.0 Å². The second kappa shape index (κ2) is 12.9. The summed E-state index contributed by atoms with van der Waals surface area (Å²) in [4.78, 5) is 16.5. The van der Waals surface area contributed by atoms with Crippen LogP contribution in [0.1, 0.15) is 74.6 Å². The van der Waals surface area contributed by atoms with Crippen LogP contribution in [0.3, 0.4) is 0 Å². The van der Waals surface area contributed by atoms with Crippen LogP contribution < -0.4 is 0 Å². The SMILES string of the molecule is Cc1cccc(-c2nc(CO[C@H]3CCC[C@@H](OCC(OCc4ccc(C(C)(C)C)cc4)C(=O)O)C3)c(C)o2)c1. The van der Waals surface area contributed by atoms with Gasteiger partial charge >= 0.3 is 5.97 Å². The minimum absolute atomic E-state index is 0.00897. The van der Waals surface area contributed by atoms with Crippen LogP contribution in [0.2, 0.25) is 0 Å². The fourth-order valence-corrected chi connectivity index (χ4v) is 4.78. The molecular weight excluding hydrogens is 494 g/mol. The number of hydrogen-bond donors (Lipinski definition) is 1. The molecule has 7 nitrogen and oxygen atoms in total. The highest BCUT2D eigenvalue weighted by Gasteiger charge is 2.27. The maximum Gasteiger partial charge on any atom is 0.335 e. The Morgan fingerprint density at radius 3 is 2.44 bits per heavy atom. The maximum atomic E-state index is 11.8. The lowest BCUT2D eigenvalue weighted by atomic mass is 9.87. The third-order valence-corrected chi connectivity index (χ3v) is 7.22. The zero-order chi connectivity index (χ0) is 28.0.